The van der Waals surface area contributed by atoms with E-state index in [-0.39, 0.29) is 11.4 Å². The van der Waals surface area contributed by atoms with E-state index in [0.717, 1.165) is 54.0 Å². The van der Waals surface area contributed by atoms with Crippen molar-refractivity contribution < 1.29 is 13.2 Å². The van der Waals surface area contributed by atoms with Gasteiger partial charge in [-0.15, -0.1) is 0 Å². The lowest BCUT2D eigenvalue weighted by Crippen LogP contribution is -2.11. The van der Waals surface area contributed by atoms with E-state index in [1.54, 1.807) is 6.07 Å². The monoisotopic (exact) mass is 292 g/mol. The van der Waals surface area contributed by atoms with Gasteiger partial charge in [-0.05, 0) is 37.3 Å². The molecule has 0 radical (unpaired) electrons. The van der Waals surface area contributed by atoms with E-state index in [1.807, 2.05) is 6.07 Å². The van der Waals surface area contributed by atoms with Crippen LogP contribution in [-0.2, 0) is 19.0 Å². The molecule has 1 aliphatic rings. The summed E-state index contributed by atoms with van der Waals surface area (Å²) in [5.41, 5.74) is 1.24. The Morgan fingerprint density at radius 1 is 1.24 bits per heavy atom. The fourth-order valence-corrected chi connectivity index (χ4v) is 2.46. The molecule has 0 saturated heterocycles. The molecule has 3 rings (SSSR count). The summed E-state index contributed by atoms with van der Waals surface area (Å²) in [6.45, 7) is 0. The number of aromatic nitrogens is 3. The third-order valence-corrected chi connectivity index (χ3v) is 3.53. The number of hydrogen-bond acceptors (Lipinski definition) is 3. The van der Waals surface area contributed by atoms with Crippen molar-refractivity contribution in [3.05, 3.63) is 40.8 Å². The number of pyridine rings is 1. The maximum absolute atomic E-state index is 12.6. The Bertz CT molecular complexity index is 725. The molecule has 21 heavy (non-hydrogen) atoms. The molecule has 0 fully saturated rings. The molecule has 0 aromatic carbocycles. The summed E-state index contributed by atoms with van der Waals surface area (Å²) in [4.78, 5) is 4.36. The van der Waals surface area contributed by atoms with E-state index in [9.17, 15) is 18.4 Å². The van der Waals surface area contributed by atoms with Crippen molar-refractivity contribution in [2.75, 3.05) is 0 Å². The zero-order valence-corrected chi connectivity index (χ0v) is 11.0. The van der Waals surface area contributed by atoms with Gasteiger partial charge in [0.05, 0.1) is 17.3 Å². The van der Waals surface area contributed by atoms with Gasteiger partial charge in [0.25, 0.3) is 0 Å². The maximum atomic E-state index is 12.6. The normalized spacial score (nSPS) is 14.6. The van der Waals surface area contributed by atoms with Crippen LogP contribution in [0.2, 0.25) is 0 Å². The first-order valence-electron chi connectivity index (χ1n) is 6.54. The molecule has 0 aliphatic heterocycles. The van der Waals surface area contributed by atoms with E-state index < -0.39 is 11.7 Å². The van der Waals surface area contributed by atoms with E-state index in [4.69, 9.17) is 0 Å². The van der Waals surface area contributed by atoms with Crippen LogP contribution in [0, 0.1) is 11.3 Å². The van der Waals surface area contributed by atoms with Gasteiger partial charge in [-0.25, -0.2) is 9.67 Å². The summed E-state index contributed by atoms with van der Waals surface area (Å²) in [5, 5.41) is 12.9. The summed E-state index contributed by atoms with van der Waals surface area (Å²) < 4.78 is 38.9. The Morgan fingerprint density at radius 2 is 2.00 bits per heavy atom. The highest BCUT2D eigenvalue weighted by Gasteiger charge is 2.32. The van der Waals surface area contributed by atoms with Crippen LogP contribution in [0.4, 0.5) is 13.2 Å². The third-order valence-electron chi connectivity index (χ3n) is 3.53. The fourth-order valence-electron chi connectivity index (χ4n) is 2.46. The molecule has 0 unspecified atom stereocenters. The van der Waals surface area contributed by atoms with Crippen molar-refractivity contribution in [2.24, 2.45) is 0 Å². The highest BCUT2D eigenvalue weighted by molar-refractivity contribution is 5.47. The predicted molar refractivity (Wildman–Crippen MR) is 67.7 cm³/mol. The van der Waals surface area contributed by atoms with Crippen LogP contribution in [0.25, 0.3) is 5.82 Å². The molecule has 2 heterocycles. The van der Waals surface area contributed by atoms with Gasteiger partial charge in [0.2, 0.25) is 0 Å². The number of halogens is 3. The molecule has 2 aromatic heterocycles. The zero-order chi connectivity index (χ0) is 15.0. The number of nitriles is 1. The largest absolute Gasteiger partial charge is 0.419 e. The predicted octanol–water partition coefficient (Wildman–Crippen LogP) is 3.04. The van der Waals surface area contributed by atoms with Gasteiger partial charge in [0.1, 0.15) is 6.07 Å². The van der Waals surface area contributed by atoms with Crippen LogP contribution >= 0.6 is 0 Å². The maximum Gasteiger partial charge on any atom is 0.419 e. The third kappa shape index (κ3) is 2.49. The zero-order valence-electron chi connectivity index (χ0n) is 11.0. The van der Waals surface area contributed by atoms with Gasteiger partial charge in [0.15, 0.2) is 5.82 Å². The smallest absolute Gasteiger partial charge is 0.232 e. The molecule has 7 heteroatoms. The Hall–Kier alpha value is -2.36. The summed E-state index contributed by atoms with van der Waals surface area (Å²) in [5.74, 6) is 0.161. The summed E-state index contributed by atoms with van der Waals surface area (Å²) >= 11 is 0. The number of nitrogens with zero attached hydrogens (tertiary/aromatic N) is 4. The summed E-state index contributed by atoms with van der Waals surface area (Å²) in [6.07, 6.45) is 0.808. The van der Waals surface area contributed by atoms with Gasteiger partial charge >= 0.3 is 6.18 Å². The molecule has 1 aliphatic carbocycles. The molecule has 0 bridgehead atoms. The average Bonchev–Trinajstić information content (AvgIpc) is 2.95. The lowest BCUT2D eigenvalue weighted by molar-refractivity contribution is -0.137. The Balaban J connectivity index is 2.09. The second-order valence-corrected chi connectivity index (χ2v) is 4.96. The first-order chi connectivity index (χ1) is 9.99. The summed E-state index contributed by atoms with van der Waals surface area (Å²) in [6, 6.07) is 3.70. The molecular formula is C14H11F3N4. The van der Waals surface area contributed by atoms with Crippen molar-refractivity contribution in [3.8, 4) is 11.9 Å². The Morgan fingerprint density at radius 3 is 2.67 bits per heavy atom. The highest BCUT2D eigenvalue weighted by Crippen LogP contribution is 2.30. The molecule has 108 valence electrons. The minimum absolute atomic E-state index is 0.161. The van der Waals surface area contributed by atoms with Crippen LogP contribution in [0.15, 0.2) is 18.5 Å². The van der Waals surface area contributed by atoms with Crippen molar-refractivity contribution in [1.82, 2.24) is 14.8 Å². The van der Waals surface area contributed by atoms with Crippen molar-refractivity contribution in [1.29, 1.82) is 5.26 Å². The minimum Gasteiger partial charge on any atom is -0.232 e. The van der Waals surface area contributed by atoms with Gasteiger partial charge in [-0.1, -0.05) is 0 Å². The molecule has 4 nitrogen and oxygen atoms in total. The SMILES string of the molecule is N#Cc1cc2c(nc1-n1cc(C(F)(F)F)cn1)CCCC2. The van der Waals surface area contributed by atoms with E-state index in [2.05, 4.69) is 10.1 Å². The van der Waals surface area contributed by atoms with E-state index >= 15 is 0 Å². The molecule has 2 aromatic rings. The van der Waals surface area contributed by atoms with Crippen molar-refractivity contribution in [3.63, 3.8) is 0 Å². The topological polar surface area (TPSA) is 54.5 Å². The van der Waals surface area contributed by atoms with Gasteiger partial charge in [0, 0.05) is 11.9 Å². The molecule has 0 saturated carbocycles. The molecule has 0 atom stereocenters. The Kier molecular flexibility index (Phi) is 3.16. The average molecular weight is 292 g/mol. The van der Waals surface area contributed by atoms with Crippen LogP contribution in [0.3, 0.4) is 0 Å². The molecule has 0 amide bonds. The lowest BCUT2D eigenvalue weighted by Gasteiger charge is -2.16. The number of hydrogen-bond donors (Lipinski definition) is 0. The van der Waals surface area contributed by atoms with Crippen molar-refractivity contribution in [2.45, 2.75) is 31.9 Å². The molecular weight excluding hydrogens is 281 g/mol. The number of fused-ring (bicyclic) bond motifs is 1. The summed E-state index contributed by atoms with van der Waals surface area (Å²) in [7, 11) is 0. The molecule has 0 N–H and O–H groups in total. The molecule has 0 spiro atoms. The van der Waals surface area contributed by atoms with Crippen LogP contribution in [-0.4, -0.2) is 14.8 Å². The van der Waals surface area contributed by atoms with Crippen molar-refractivity contribution >= 4 is 0 Å². The number of alkyl halides is 3. The minimum atomic E-state index is -4.46. The first kappa shape index (κ1) is 13.6. The van der Waals surface area contributed by atoms with Crippen LogP contribution < -0.4 is 0 Å². The lowest BCUT2D eigenvalue weighted by atomic mass is 9.95. The second kappa shape index (κ2) is 4.88. The Labute approximate surface area is 118 Å². The standard InChI is InChI=1S/C14H11F3N4/c15-14(16,17)11-7-19-21(8-11)13-10(6-18)5-9-3-1-2-4-12(9)20-13/h5,7-8H,1-4H2. The number of rotatable bonds is 1. The fraction of sp³-hybridized carbons (Fsp3) is 0.357. The van der Waals surface area contributed by atoms with Gasteiger partial charge in [-0.2, -0.15) is 23.5 Å². The van der Waals surface area contributed by atoms with E-state index in [1.165, 1.54) is 0 Å². The van der Waals surface area contributed by atoms with E-state index in [0.29, 0.717) is 0 Å². The quantitative estimate of drug-likeness (QED) is 0.811. The second-order valence-electron chi connectivity index (χ2n) is 4.96. The first-order valence-corrected chi connectivity index (χ1v) is 6.54. The number of aryl methyl sites for hydroxylation is 2. The van der Waals surface area contributed by atoms with Crippen LogP contribution in [0.5, 0.6) is 0 Å². The highest BCUT2D eigenvalue weighted by atomic mass is 19.4. The van der Waals surface area contributed by atoms with Gasteiger partial charge < -0.3 is 0 Å². The van der Waals surface area contributed by atoms with Crippen LogP contribution in [0.1, 0.15) is 35.2 Å². The van der Waals surface area contributed by atoms with Gasteiger partial charge in [-0.3, -0.25) is 0 Å².